The van der Waals surface area contributed by atoms with Gasteiger partial charge in [-0.1, -0.05) is 0 Å². The number of carbonyl (C=O) groups excluding carboxylic acids is 2. The van der Waals surface area contributed by atoms with Crippen LogP contribution in [0.3, 0.4) is 0 Å². The summed E-state index contributed by atoms with van der Waals surface area (Å²) in [6.07, 6.45) is 3.87. The summed E-state index contributed by atoms with van der Waals surface area (Å²) in [4.78, 5) is 28.9. The van der Waals surface area contributed by atoms with Crippen molar-refractivity contribution in [3.8, 4) is 0 Å². The first kappa shape index (κ1) is 14.2. The van der Waals surface area contributed by atoms with Crippen LogP contribution in [0.4, 0.5) is 0 Å². The Morgan fingerprint density at radius 1 is 1.56 bits per heavy atom. The van der Waals surface area contributed by atoms with Gasteiger partial charge in [0.2, 0.25) is 11.8 Å². The van der Waals surface area contributed by atoms with Gasteiger partial charge in [0.1, 0.15) is 0 Å². The third-order valence-corrected chi connectivity index (χ3v) is 2.33. The van der Waals surface area contributed by atoms with Gasteiger partial charge in [-0.05, 0) is 0 Å². The average Bonchev–Trinajstić information content (AvgIpc) is 2.80. The summed E-state index contributed by atoms with van der Waals surface area (Å²) >= 11 is 0. The van der Waals surface area contributed by atoms with Gasteiger partial charge in [-0.3, -0.25) is 9.59 Å². The van der Waals surface area contributed by atoms with Crippen LogP contribution in [0.1, 0.15) is 19.0 Å². The van der Waals surface area contributed by atoms with Crippen LogP contribution < -0.4 is 10.6 Å². The van der Waals surface area contributed by atoms with Crippen LogP contribution in [-0.2, 0) is 16.0 Å². The van der Waals surface area contributed by atoms with Gasteiger partial charge in [0.25, 0.3) is 0 Å². The number of aliphatic hydroxyl groups excluding tert-OH is 1. The number of nitrogens with zero attached hydrogens (tertiary/aromatic N) is 1. The van der Waals surface area contributed by atoms with Crippen LogP contribution in [0.5, 0.6) is 0 Å². The zero-order valence-electron chi connectivity index (χ0n) is 10.3. The highest BCUT2D eigenvalue weighted by Gasteiger charge is 2.12. The first-order chi connectivity index (χ1) is 8.61. The van der Waals surface area contributed by atoms with Gasteiger partial charge in [-0.15, -0.1) is 0 Å². The molecule has 18 heavy (non-hydrogen) atoms. The molecule has 4 N–H and O–H groups in total. The van der Waals surface area contributed by atoms with E-state index in [1.54, 1.807) is 12.5 Å². The fraction of sp³-hybridized carbons (Fsp3) is 0.545. The van der Waals surface area contributed by atoms with Crippen molar-refractivity contribution in [1.82, 2.24) is 20.6 Å². The highest BCUT2D eigenvalue weighted by Crippen LogP contribution is 1.98. The van der Waals surface area contributed by atoms with Crippen LogP contribution in [0.15, 0.2) is 12.5 Å². The number of hydrogen-bond donors (Lipinski definition) is 4. The molecular formula is C11H18N4O3. The third-order valence-electron chi connectivity index (χ3n) is 2.33. The molecule has 1 atom stereocenters. The van der Waals surface area contributed by atoms with Gasteiger partial charge in [0.15, 0.2) is 0 Å². The average molecular weight is 254 g/mol. The minimum absolute atomic E-state index is 0.148. The molecule has 1 heterocycles. The monoisotopic (exact) mass is 254 g/mol. The van der Waals surface area contributed by atoms with Gasteiger partial charge in [0, 0.05) is 38.2 Å². The molecule has 0 saturated carbocycles. The number of nitrogens with one attached hydrogen (secondary N) is 3. The van der Waals surface area contributed by atoms with Crippen LogP contribution in [-0.4, -0.2) is 46.1 Å². The summed E-state index contributed by atoms with van der Waals surface area (Å²) in [6.45, 7) is 1.54. The molecule has 1 aromatic heterocycles. The molecule has 0 aliphatic heterocycles. The number of H-pyrrole nitrogens is 1. The van der Waals surface area contributed by atoms with E-state index in [1.807, 2.05) is 0 Å². The van der Waals surface area contributed by atoms with Crippen LogP contribution in [0.2, 0.25) is 0 Å². The maximum Gasteiger partial charge on any atom is 0.222 e. The molecule has 0 bridgehead atoms. The van der Waals surface area contributed by atoms with Crippen LogP contribution in [0.25, 0.3) is 0 Å². The highest BCUT2D eigenvalue weighted by molar-refractivity contribution is 5.78. The van der Waals surface area contributed by atoms with E-state index in [9.17, 15) is 9.59 Å². The van der Waals surface area contributed by atoms with Gasteiger partial charge < -0.3 is 20.7 Å². The van der Waals surface area contributed by atoms with Crippen molar-refractivity contribution in [1.29, 1.82) is 0 Å². The lowest BCUT2D eigenvalue weighted by molar-refractivity contribution is -0.122. The maximum atomic E-state index is 11.5. The first-order valence-electron chi connectivity index (χ1n) is 5.73. The number of aromatic amines is 1. The molecule has 0 radical (unpaired) electrons. The van der Waals surface area contributed by atoms with Gasteiger partial charge in [0.05, 0.1) is 19.0 Å². The number of carbonyl (C=O) groups is 2. The maximum absolute atomic E-state index is 11.5. The Balaban J connectivity index is 2.29. The Bertz CT molecular complexity index is 378. The van der Waals surface area contributed by atoms with Gasteiger partial charge in [-0.25, -0.2) is 4.98 Å². The van der Waals surface area contributed by atoms with Crippen molar-refractivity contribution in [3.63, 3.8) is 0 Å². The Kier molecular flexibility index (Phi) is 5.86. The fourth-order valence-electron chi connectivity index (χ4n) is 1.47. The summed E-state index contributed by atoms with van der Waals surface area (Å²) in [5.74, 6) is -0.374. The van der Waals surface area contributed by atoms with Crippen molar-refractivity contribution in [2.45, 2.75) is 25.8 Å². The molecule has 0 aromatic carbocycles. The van der Waals surface area contributed by atoms with Gasteiger partial charge >= 0.3 is 0 Å². The topological polar surface area (TPSA) is 107 Å². The molecule has 2 amide bonds. The number of rotatable bonds is 7. The number of hydrogen-bond acceptors (Lipinski definition) is 4. The molecule has 0 saturated heterocycles. The quantitative estimate of drug-likeness (QED) is 0.498. The Labute approximate surface area is 105 Å². The van der Waals surface area contributed by atoms with E-state index in [-0.39, 0.29) is 30.9 Å². The first-order valence-corrected chi connectivity index (χ1v) is 5.73. The molecule has 7 nitrogen and oxygen atoms in total. The second-order valence-corrected chi connectivity index (χ2v) is 3.96. The Morgan fingerprint density at radius 2 is 2.33 bits per heavy atom. The molecule has 0 aliphatic rings. The molecule has 1 aromatic rings. The molecule has 0 unspecified atom stereocenters. The SMILES string of the molecule is CC(=O)NCCC(=O)N[C@H](CO)Cc1cnc[nH]1. The van der Waals surface area contributed by atoms with E-state index in [4.69, 9.17) is 5.11 Å². The number of imidazole rings is 1. The van der Waals surface area contributed by atoms with E-state index in [0.717, 1.165) is 5.69 Å². The highest BCUT2D eigenvalue weighted by atomic mass is 16.3. The number of amides is 2. The minimum Gasteiger partial charge on any atom is -0.394 e. The van der Waals surface area contributed by atoms with Crippen molar-refractivity contribution >= 4 is 11.8 Å². The van der Waals surface area contributed by atoms with E-state index in [0.29, 0.717) is 13.0 Å². The lowest BCUT2D eigenvalue weighted by Crippen LogP contribution is -2.40. The predicted molar refractivity (Wildman–Crippen MR) is 64.6 cm³/mol. The predicted octanol–water partition coefficient (Wildman–Crippen LogP) is -1.04. The second-order valence-electron chi connectivity index (χ2n) is 3.96. The Hall–Kier alpha value is -1.89. The summed E-state index contributed by atoms with van der Waals surface area (Å²) in [5.41, 5.74) is 0.844. The molecule has 0 aliphatic carbocycles. The van der Waals surface area contributed by atoms with Crippen molar-refractivity contribution < 1.29 is 14.7 Å². The molecular weight excluding hydrogens is 236 g/mol. The largest absolute Gasteiger partial charge is 0.394 e. The van der Waals surface area contributed by atoms with Crippen LogP contribution >= 0.6 is 0 Å². The second kappa shape index (κ2) is 7.44. The van der Waals surface area contributed by atoms with E-state index >= 15 is 0 Å². The minimum atomic E-state index is -0.352. The van der Waals surface area contributed by atoms with E-state index < -0.39 is 0 Å². The summed E-state index contributed by atoms with van der Waals surface area (Å²) in [7, 11) is 0. The fourth-order valence-corrected chi connectivity index (χ4v) is 1.47. The van der Waals surface area contributed by atoms with Crippen molar-refractivity contribution in [3.05, 3.63) is 18.2 Å². The van der Waals surface area contributed by atoms with Crippen LogP contribution in [0, 0.1) is 0 Å². The summed E-state index contributed by atoms with van der Waals surface area (Å²) < 4.78 is 0. The summed E-state index contributed by atoms with van der Waals surface area (Å²) in [5, 5.41) is 14.4. The standard InChI is InChI=1S/C11H18N4O3/c1-8(17)13-3-2-11(18)15-10(6-16)4-9-5-12-7-14-9/h5,7,10,16H,2-4,6H2,1H3,(H,12,14)(H,13,17)(H,15,18)/t10-/m0/s1. The molecule has 100 valence electrons. The van der Waals surface area contributed by atoms with Gasteiger partial charge in [-0.2, -0.15) is 0 Å². The zero-order chi connectivity index (χ0) is 13.4. The smallest absolute Gasteiger partial charge is 0.222 e. The molecule has 0 spiro atoms. The number of aliphatic hydroxyl groups is 1. The number of aromatic nitrogens is 2. The van der Waals surface area contributed by atoms with Crippen molar-refractivity contribution in [2.24, 2.45) is 0 Å². The van der Waals surface area contributed by atoms with E-state index in [2.05, 4.69) is 20.6 Å². The molecule has 1 rings (SSSR count). The lowest BCUT2D eigenvalue weighted by Gasteiger charge is -2.15. The molecule has 7 heteroatoms. The molecule has 0 fully saturated rings. The zero-order valence-corrected chi connectivity index (χ0v) is 10.3. The third kappa shape index (κ3) is 5.44. The van der Waals surface area contributed by atoms with E-state index in [1.165, 1.54) is 6.92 Å². The lowest BCUT2D eigenvalue weighted by atomic mass is 10.1. The normalized spacial score (nSPS) is 11.9. The summed E-state index contributed by atoms with van der Waals surface area (Å²) in [6, 6.07) is -0.352. The van der Waals surface area contributed by atoms with Crippen molar-refractivity contribution in [2.75, 3.05) is 13.2 Å². The Morgan fingerprint density at radius 3 is 2.89 bits per heavy atom.